The number of carboxylic acids is 1. The first-order valence-electron chi connectivity index (χ1n) is 6.07. The van der Waals surface area contributed by atoms with Crippen LogP contribution >= 0.6 is 0 Å². The number of nitrogens with zero attached hydrogens (tertiary/aromatic N) is 2. The highest BCUT2D eigenvalue weighted by Crippen LogP contribution is 2.28. The molecule has 0 bridgehead atoms. The van der Waals surface area contributed by atoms with Crippen LogP contribution in [0.2, 0.25) is 0 Å². The van der Waals surface area contributed by atoms with E-state index in [4.69, 9.17) is 5.11 Å². The maximum Gasteiger partial charge on any atom is 0.335 e. The summed E-state index contributed by atoms with van der Waals surface area (Å²) >= 11 is 0. The fraction of sp³-hybridized carbons (Fsp3) is 0.286. The molecule has 0 radical (unpaired) electrons. The van der Waals surface area contributed by atoms with E-state index in [2.05, 4.69) is 9.55 Å². The smallest absolute Gasteiger partial charge is 0.335 e. The van der Waals surface area contributed by atoms with Crippen LogP contribution in [0, 0.1) is 0 Å². The van der Waals surface area contributed by atoms with E-state index in [-0.39, 0.29) is 0 Å². The van der Waals surface area contributed by atoms with E-state index < -0.39 is 5.97 Å². The average molecular weight is 242 g/mol. The maximum atomic E-state index is 10.8. The van der Waals surface area contributed by atoms with Gasteiger partial charge in [0.2, 0.25) is 0 Å². The van der Waals surface area contributed by atoms with Crippen LogP contribution in [0.1, 0.15) is 34.1 Å². The summed E-state index contributed by atoms with van der Waals surface area (Å²) in [5.41, 5.74) is 1.55. The van der Waals surface area contributed by atoms with Crippen molar-refractivity contribution < 1.29 is 9.90 Å². The van der Waals surface area contributed by atoms with E-state index in [0.717, 1.165) is 25.2 Å². The summed E-state index contributed by atoms with van der Waals surface area (Å²) in [4.78, 5) is 15.1. The molecule has 0 fully saturated rings. The second-order valence-electron chi connectivity index (χ2n) is 4.66. The van der Waals surface area contributed by atoms with Crippen LogP contribution in [-0.2, 0) is 13.0 Å². The Hall–Kier alpha value is -2.10. The molecule has 92 valence electrons. The first-order valence-corrected chi connectivity index (χ1v) is 6.07. The molecule has 0 saturated heterocycles. The third kappa shape index (κ3) is 1.90. The van der Waals surface area contributed by atoms with E-state index in [1.54, 1.807) is 12.1 Å². The summed E-state index contributed by atoms with van der Waals surface area (Å²) in [6.45, 7) is 0.932. The molecule has 0 aliphatic carbocycles. The Kier molecular flexibility index (Phi) is 2.63. The van der Waals surface area contributed by atoms with Crippen molar-refractivity contribution in [3.63, 3.8) is 0 Å². The van der Waals surface area contributed by atoms with Crippen LogP contribution in [0.3, 0.4) is 0 Å². The minimum Gasteiger partial charge on any atom is -0.478 e. The van der Waals surface area contributed by atoms with Gasteiger partial charge in [-0.25, -0.2) is 9.78 Å². The molecule has 4 heteroatoms. The zero-order valence-electron chi connectivity index (χ0n) is 9.91. The van der Waals surface area contributed by atoms with Crippen LogP contribution in [0.25, 0.3) is 0 Å². The first-order chi connectivity index (χ1) is 8.74. The van der Waals surface area contributed by atoms with E-state index in [0.29, 0.717) is 11.5 Å². The lowest BCUT2D eigenvalue weighted by Gasteiger charge is -2.24. The standard InChI is InChI=1S/C14H14N2O2/c17-14(18)11-3-1-10(2-4-11)12-5-6-13-15-7-8-16(13)9-12/h1-4,7-8,12H,5-6,9H2,(H,17,18). The van der Waals surface area contributed by atoms with E-state index in [9.17, 15) is 4.79 Å². The topological polar surface area (TPSA) is 55.1 Å². The molecule has 18 heavy (non-hydrogen) atoms. The summed E-state index contributed by atoms with van der Waals surface area (Å²) in [5.74, 6) is 0.727. The molecular formula is C14H14N2O2. The summed E-state index contributed by atoms with van der Waals surface area (Å²) in [6, 6.07) is 7.22. The molecule has 1 aliphatic rings. The fourth-order valence-electron chi connectivity index (χ4n) is 2.54. The van der Waals surface area contributed by atoms with E-state index in [1.165, 1.54) is 5.56 Å². The lowest BCUT2D eigenvalue weighted by atomic mass is 9.91. The molecule has 0 spiro atoms. The largest absolute Gasteiger partial charge is 0.478 e. The van der Waals surface area contributed by atoms with Gasteiger partial charge in [-0.2, -0.15) is 0 Å². The van der Waals surface area contributed by atoms with Gasteiger partial charge in [-0.05, 0) is 24.1 Å². The number of hydrogen-bond acceptors (Lipinski definition) is 2. The minimum absolute atomic E-state index is 0.345. The Morgan fingerprint density at radius 2 is 2.11 bits per heavy atom. The van der Waals surface area contributed by atoms with Crippen molar-refractivity contribution in [1.29, 1.82) is 0 Å². The second-order valence-corrected chi connectivity index (χ2v) is 4.66. The third-order valence-electron chi connectivity index (χ3n) is 3.56. The number of aryl methyl sites for hydroxylation is 1. The molecule has 2 aromatic rings. The Balaban J connectivity index is 1.82. The van der Waals surface area contributed by atoms with Gasteiger partial charge in [0.15, 0.2) is 0 Å². The van der Waals surface area contributed by atoms with Gasteiger partial charge in [-0.1, -0.05) is 12.1 Å². The molecular weight excluding hydrogens is 228 g/mol. The number of carbonyl (C=O) groups is 1. The number of benzene rings is 1. The quantitative estimate of drug-likeness (QED) is 0.879. The fourth-order valence-corrected chi connectivity index (χ4v) is 2.54. The monoisotopic (exact) mass is 242 g/mol. The van der Waals surface area contributed by atoms with Crippen molar-refractivity contribution in [3.8, 4) is 0 Å². The molecule has 2 heterocycles. The van der Waals surface area contributed by atoms with Gasteiger partial charge in [0, 0.05) is 31.3 Å². The molecule has 1 unspecified atom stereocenters. The maximum absolute atomic E-state index is 10.8. The number of imidazole rings is 1. The summed E-state index contributed by atoms with van der Waals surface area (Å²) < 4.78 is 2.18. The number of hydrogen-bond donors (Lipinski definition) is 1. The van der Waals surface area contributed by atoms with Crippen molar-refractivity contribution in [2.75, 3.05) is 0 Å². The van der Waals surface area contributed by atoms with Crippen LogP contribution in [0.15, 0.2) is 36.7 Å². The number of carboxylic acid groups (broad SMARTS) is 1. The molecule has 1 atom stereocenters. The SMILES string of the molecule is O=C(O)c1ccc(C2CCc3nccn3C2)cc1. The third-order valence-corrected chi connectivity index (χ3v) is 3.56. The Morgan fingerprint density at radius 3 is 2.83 bits per heavy atom. The number of fused-ring (bicyclic) bond motifs is 1. The summed E-state index contributed by atoms with van der Waals surface area (Å²) in [7, 11) is 0. The molecule has 3 rings (SSSR count). The number of aromatic nitrogens is 2. The molecule has 1 aromatic heterocycles. The van der Waals surface area contributed by atoms with Gasteiger partial charge in [0.25, 0.3) is 0 Å². The average Bonchev–Trinajstić information content (AvgIpc) is 2.86. The highest BCUT2D eigenvalue weighted by Gasteiger charge is 2.20. The second kappa shape index (κ2) is 4.29. The number of aromatic carboxylic acids is 1. The van der Waals surface area contributed by atoms with Gasteiger partial charge in [0.1, 0.15) is 5.82 Å². The minimum atomic E-state index is -0.873. The van der Waals surface area contributed by atoms with Gasteiger partial charge in [-0.15, -0.1) is 0 Å². The zero-order valence-corrected chi connectivity index (χ0v) is 9.91. The molecule has 1 N–H and O–H groups in total. The highest BCUT2D eigenvalue weighted by atomic mass is 16.4. The lowest BCUT2D eigenvalue weighted by molar-refractivity contribution is 0.0697. The Labute approximate surface area is 105 Å². The Morgan fingerprint density at radius 1 is 1.33 bits per heavy atom. The van der Waals surface area contributed by atoms with Gasteiger partial charge >= 0.3 is 5.97 Å². The summed E-state index contributed by atoms with van der Waals surface area (Å²) in [6.07, 6.45) is 5.90. The lowest BCUT2D eigenvalue weighted by Crippen LogP contribution is -2.18. The van der Waals surface area contributed by atoms with Crippen LogP contribution in [0.5, 0.6) is 0 Å². The predicted octanol–water partition coefficient (Wildman–Crippen LogP) is 2.31. The zero-order chi connectivity index (χ0) is 12.5. The molecule has 0 amide bonds. The predicted molar refractivity (Wildman–Crippen MR) is 66.7 cm³/mol. The van der Waals surface area contributed by atoms with Crippen molar-refractivity contribution in [2.24, 2.45) is 0 Å². The van der Waals surface area contributed by atoms with Gasteiger partial charge in [0.05, 0.1) is 5.56 Å². The molecule has 1 aromatic carbocycles. The number of rotatable bonds is 2. The van der Waals surface area contributed by atoms with Crippen molar-refractivity contribution in [3.05, 3.63) is 53.6 Å². The van der Waals surface area contributed by atoms with Gasteiger partial charge in [-0.3, -0.25) is 0 Å². The Bertz CT molecular complexity index is 572. The van der Waals surface area contributed by atoms with Crippen molar-refractivity contribution >= 4 is 5.97 Å². The van der Waals surface area contributed by atoms with Crippen molar-refractivity contribution in [2.45, 2.75) is 25.3 Å². The normalized spacial score (nSPS) is 18.3. The van der Waals surface area contributed by atoms with Crippen molar-refractivity contribution in [1.82, 2.24) is 9.55 Å². The van der Waals surface area contributed by atoms with E-state index in [1.807, 2.05) is 24.5 Å². The molecule has 1 aliphatic heterocycles. The van der Waals surface area contributed by atoms with Crippen LogP contribution < -0.4 is 0 Å². The summed E-state index contributed by atoms with van der Waals surface area (Å²) in [5, 5.41) is 8.88. The molecule has 4 nitrogen and oxygen atoms in total. The van der Waals surface area contributed by atoms with Crippen LogP contribution in [0.4, 0.5) is 0 Å². The van der Waals surface area contributed by atoms with Gasteiger partial charge < -0.3 is 9.67 Å². The highest BCUT2D eigenvalue weighted by molar-refractivity contribution is 5.87. The van der Waals surface area contributed by atoms with Crippen LogP contribution in [-0.4, -0.2) is 20.6 Å². The first kappa shape index (κ1) is 11.0. The van der Waals surface area contributed by atoms with E-state index >= 15 is 0 Å². The molecule has 0 saturated carbocycles.